The largest absolute Gasteiger partial charge is 0.389 e. The molecule has 0 amide bonds. The van der Waals surface area contributed by atoms with Crippen molar-refractivity contribution in [1.82, 2.24) is 4.90 Å². The van der Waals surface area contributed by atoms with E-state index in [-0.39, 0.29) is 0 Å². The fourth-order valence-electron chi connectivity index (χ4n) is 2.18. The lowest BCUT2D eigenvalue weighted by atomic mass is 10.0. The summed E-state index contributed by atoms with van der Waals surface area (Å²) in [5, 5.41) is 10.2. The smallest absolute Gasteiger partial charge is 0.0768 e. The first-order chi connectivity index (χ1) is 7.14. The van der Waals surface area contributed by atoms with E-state index >= 15 is 0 Å². The number of hydrogen-bond acceptors (Lipinski definition) is 3. The van der Waals surface area contributed by atoms with Gasteiger partial charge >= 0.3 is 0 Å². The number of ether oxygens (including phenoxy) is 1. The molecule has 0 aromatic carbocycles. The van der Waals surface area contributed by atoms with Gasteiger partial charge in [0.25, 0.3) is 0 Å². The summed E-state index contributed by atoms with van der Waals surface area (Å²) < 4.78 is 5.01. The molecule has 1 aliphatic rings. The maximum absolute atomic E-state index is 10.2. The second-order valence-electron chi connectivity index (χ2n) is 4.93. The summed E-state index contributed by atoms with van der Waals surface area (Å²) in [4.78, 5) is 2.39. The molecule has 15 heavy (non-hydrogen) atoms. The molecule has 1 atom stereocenters. The van der Waals surface area contributed by atoms with Gasteiger partial charge in [-0.2, -0.15) is 0 Å². The predicted molar refractivity (Wildman–Crippen MR) is 62.0 cm³/mol. The highest BCUT2D eigenvalue weighted by molar-refractivity contribution is 4.78. The predicted octanol–water partition coefficient (Wildman–Crippen LogP) is 1.65. The van der Waals surface area contributed by atoms with E-state index in [2.05, 4.69) is 4.90 Å². The Hall–Kier alpha value is -0.120. The summed E-state index contributed by atoms with van der Waals surface area (Å²) >= 11 is 0. The summed E-state index contributed by atoms with van der Waals surface area (Å²) in [6, 6.07) is 0. The van der Waals surface area contributed by atoms with Crippen molar-refractivity contribution >= 4 is 0 Å². The number of likely N-dealkylation sites (tertiary alicyclic amines) is 1. The molecule has 1 unspecified atom stereocenters. The SMILES string of the molecule is COCCC(C)(O)CN1CCCCCC1. The molecule has 1 rings (SSSR count). The van der Waals surface area contributed by atoms with E-state index in [0.717, 1.165) is 26.1 Å². The van der Waals surface area contributed by atoms with E-state index in [9.17, 15) is 5.11 Å². The summed E-state index contributed by atoms with van der Waals surface area (Å²) in [6.07, 6.45) is 5.97. The van der Waals surface area contributed by atoms with E-state index in [1.54, 1.807) is 7.11 Å². The molecular weight excluding hydrogens is 190 g/mol. The average Bonchev–Trinajstić information content (AvgIpc) is 2.43. The molecule has 0 radical (unpaired) electrons. The van der Waals surface area contributed by atoms with Crippen molar-refractivity contribution < 1.29 is 9.84 Å². The Kier molecular flexibility index (Phi) is 5.58. The van der Waals surface area contributed by atoms with Crippen LogP contribution in [0.5, 0.6) is 0 Å². The van der Waals surface area contributed by atoms with Crippen LogP contribution in [-0.2, 0) is 4.74 Å². The van der Waals surface area contributed by atoms with Crippen molar-refractivity contribution in [2.45, 2.75) is 44.6 Å². The molecular formula is C12H25NO2. The van der Waals surface area contributed by atoms with Crippen LogP contribution in [-0.4, -0.2) is 49.0 Å². The number of methoxy groups -OCH3 is 1. The Bertz CT molecular complexity index is 163. The topological polar surface area (TPSA) is 32.7 Å². The van der Waals surface area contributed by atoms with Gasteiger partial charge < -0.3 is 14.7 Å². The Morgan fingerprint density at radius 2 is 1.80 bits per heavy atom. The molecule has 1 heterocycles. The molecule has 1 aliphatic heterocycles. The second-order valence-corrected chi connectivity index (χ2v) is 4.93. The first-order valence-electron chi connectivity index (χ1n) is 6.08. The van der Waals surface area contributed by atoms with Crippen molar-refractivity contribution in [1.29, 1.82) is 0 Å². The summed E-state index contributed by atoms with van der Waals surface area (Å²) in [6.45, 7) is 5.63. The quantitative estimate of drug-likeness (QED) is 0.757. The lowest BCUT2D eigenvalue weighted by Crippen LogP contribution is -2.42. The van der Waals surface area contributed by atoms with Crippen LogP contribution in [0.1, 0.15) is 39.0 Å². The summed E-state index contributed by atoms with van der Waals surface area (Å²) in [5.74, 6) is 0. The first kappa shape index (κ1) is 12.9. The second kappa shape index (κ2) is 6.46. The molecule has 0 spiro atoms. The lowest BCUT2D eigenvalue weighted by molar-refractivity contribution is -0.00501. The molecule has 0 bridgehead atoms. The van der Waals surface area contributed by atoms with Gasteiger partial charge in [0.15, 0.2) is 0 Å². The van der Waals surface area contributed by atoms with Crippen molar-refractivity contribution in [2.24, 2.45) is 0 Å². The van der Waals surface area contributed by atoms with Crippen molar-refractivity contribution in [2.75, 3.05) is 33.4 Å². The minimum Gasteiger partial charge on any atom is -0.389 e. The normalized spacial score (nSPS) is 23.4. The zero-order valence-electron chi connectivity index (χ0n) is 10.2. The number of hydrogen-bond donors (Lipinski definition) is 1. The first-order valence-corrected chi connectivity index (χ1v) is 6.08. The van der Waals surface area contributed by atoms with Crippen molar-refractivity contribution in [3.63, 3.8) is 0 Å². The number of rotatable bonds is 5. The summed E-state index contributed by atoms with van der Waals surface area (Å²) in [5.41, 5.74) is -0.597. The molecule has 0 aliphatic carbocycles. The van der Waals surface area contributed by atoms with Gasteiger partial charge in [-0.1, -0.05) is 12.8 Å². The molecule has 3 heteroatoms. The Morgan fingerprint density at radius 3 is 2.33 bits per heavy atom. The average molecular weight is 215 g/mol. The van der Waals surface area contributed by atoms with Crippen LogP contribution in [0.15, 0.2) is 0 Å². The minimum atomic E-state index is -0.597. The third kappa shape index (κ3) is 5.50. The Labute approximate surface area is 93.4 Å². The highest BCUT2D eigenvalue weighted by atomic mass is 16.5. The van der Waals surface area contributed by atoms with Crippen LogP contribution in [0.25, 0.3) is 0 Å². The third-order valence-electron chi connectivity index (χ3n) is 3.11. The van der Waals surface area contributed by atoms with Gasteiger partial charge in [-0.25, -0.2) is 0 Å². The lowest BCUT2D eigenvalue weighted by Gasteiger charge is -2.30. The maximum atomic E-state index is 10.2. The van der Waals surface area contributed by atoms with Crippen LogP contribution < -0.4 is 0 Å². The zero-order chi connectivity index (χ0) is 11.1. The maximum Gasteiger partial charge on any atom is 0.0768 e. The Morgan fingerprint density at radius 1 is 1.20 bits per heavy atom. The van der Waals surface area contributed by atoms with Crippen molar-refractivity contribution in [3.05, 3.63) is 0 Å². The van der Waals surface area contributed by atoms with Crippen LogP contribution in [0, 0.1) is 0 Å². The van der Waals surface area contributed by atoms with Gasteiger partial charge in [-0.05, 0) is 32.9 Å². The third-order valence-corrected chi connectivity index (χ3v) is 3.11. The highest BCUT2D eigenvalue weighted by Gasteiger charge is 2.23. The summed E-state index contributed by atoms with van der Waals surface area (Å²) in [7, 11) is 1.68. The van der Waals surface area contributed by atoms with Crippen LogP contribution in [0.2, 0.25) is 0 Å². The molecule has 1 N–H and O–H groups in total. The molecule has 3 nitrogen and oxygen atoms in total. The van der Waals surface area contributed by atoms with E-state index < -0.39 is 5.60 Å². The number of β-amino-alcohol motifs (C(OH)–C–C–N with tert-alkyl or cyclic N) is 1. The van der Waals surface area contributed by atoms with Crippen LogP contribution >= 0.6 is 0 Å². The molecule has 0 aromatic rings. The van der Waals surface area contributed by atoms with E-state index in [1.807, 2.05) is 6.92 Å². The van der Waals surface area contributed by atoms with Crippen LogP contribution in [0.3, 0.4) is 0 Å². The standard InChI is InChI=1S/C12H25NO2/c1-12(14,7-10-15-2)11-13-8-5-3-4-6-9-13/h14H,3-11H2,1-2H3. The van der Waals surface area contributed by atoms with Gasteiger partial charge in [0, 0.05) is 26.7 Å². The molecule has 1 saturated heterocycles. The molecule has 0 saturated carbocycles. The van der Waals surface area contributed by atoms with Gasteiger partial charge in [0.2, 0.25) is 0 Å². The molecule has 1 fully saturated rings. The number of aliphatic hydroxyl groups is 1. The highest BCUT2D eigenvalue weighted by Crippen LogP contribution is 2.16. The number of nitrogens with zero attached hydrogens (tertiary/aromatic N) is 1. The Balaban J connectivity index is 2.30. The fourth-order valence-corrected chi connectivity index (χ4v) is 2.18. The monoisotopic (exact) mass is 215 g/mol. The fraction of sp³-hybridized carbons (Fsp3) is 1.00. The van der Waals surface area contributed by atoms with E-state index in [1.165, 1.54) is 25.7 Å². The minimum absolute atomic E-state index is 0.597. The molecule has 0 aromatic heterocycles. The van der Waals surface area contributed by atoms with Gasteiger partial charge in [-0.3, -0.25) is 0 Å². The van der Waals surface area contributed by atoms with Gasteiger partial charge in [0.1, 0.15) is 0 Å². The zero-order valence-corrected chi connectivity index (χ0v) is 10.2. The van der Waals surface area contributed by atoms with Gasteiger partial charge in [-0.15, -0.1) is 0 Å². The van der Waals surface area contributed by atoms with E-state index in [0.29, 0.717) is 6.61 Å². The van der Waals surface area contributed by atoms with Crippen molar-refractivity contribution in [3.8, 4) is 0 Å². The molecule has 90 valence electrons. The van der Waals surface area contributed by atoms with Gasteiger partial charge in [0.05, 0.1) is 5.60 Å². The van der Waals surface area contributed by atoms with Crippen LogP contribution in [0.4, 0.5) is 0 Å². The van der Waals surface area contributed by atoms with E-state index in [4.69, 9.17) is 4.74 Å².